The van der Waals surface area contributed by atoms with E-state index in [0.29, 0.717) is 0 Å². The second-order valence-corrected chi connectivity index (χ2v) is 5.20. The SMILES string of the molecule is CCCNC(Cc1ccccc1)c1cc(F)ccc1C. The fraction of sp³-hybridized carbons (Fsp3) is 0.333. The molecule has 0 bridgehead atoms. The summed E-state index contributed by atoms with van der Waals surface area (Å²) in [6, 6.07) is 15.6. The second-order valence-electron chi connectivity index (χ2n) is 5.20. The molecule has 0 amide bonds. The number of nitrogens with one attached hydrogen (secondary N) is 1. The molecule has 0 aliphatic heterocycles. The largest absolute Gasteiger partial charge is 0.310 e. The van der Waals surface area contributed by atoms with Crippen LogP contribution in [0.5, 0.6) is 0 Å². The van der Waals surface area contributed by atoms with Crippen molar-refractivity contribution in [1.82, 2.24) is 5.32 Å². The lowest BCUT2D eigenvalue weighted by atomic mass is 9.95. The number of rotatable bonds is 6. The second kappa shape index (κ2) is 7.20. The van der Waals surface area contributed by atoms with Crippen LogP contribution in [0.1, 0.15) is 36.1 Å². The Hall–Kier alpha value is -1.67. The van der Waals surface area contributed by atoms with Gasteiger partial charge in [0.05, 0.1) is 0 Å². The van der Waals surface area contributed by atoms with Crippen LogP contribution in [0.2, 0.25) is 0 Å². The Kier molecular flexibility index (Phi) is 5.31. The zero-order valence-corrected chi connectivity index (χ0v) is 12.2. The summed E-state index contributed by atoms with van der Waals surface area (Å²) in [7, 11) is 0. The average Bonchev–Trinajstić information content (AvgIpc) is 2.47. The van der Waals surface area contributed by atoms with E-state index in [1.807, 2.05) is 31.2 Å². The highest BCUT2D eigenvalue weighted by molar-refractivity contribution is 5.31. The minimum absolute atomic E-state index is 0.160. The fourth-order valence-electron chi connectivity index (χ4n) is 2.45. The number of benzene rings is 2. The van der Waals surface area contributed by atoms with Gasteiger partial charge < -0.3 is 5.32 Å². The van der Waals surface area contributed by atoms with Gasteiger partial charge in [0.25, 0.3) is 0 Å². The quantitative estimate of drug-likeness (QED) is 0.820. The van der Waals surface area contributed by atoms with E-state index in [-0.39, 0.29) is 11.9 Å². The summed E-state index contributed by atoms with van der Waals surface area (Å²) in [5.74, 6) is -0.165. The smallest absolute Gasteiger partial charge is 0.123 e. The van der Waals surface area contributed by atoms with Crippen LogP contribution < -0.4 is 5.32 Å². The Morgan fingerprint density at radius 2 is 1.85 bits per heavy atom. The summed E-state index contributed by atoms with van der Waals surface area (Å²) in [5.41, 5.74) is 3.46. The summed E-state index contributed by atoms with van der Waals surface area (Å²) in [5, 5.41) is 3.54. The first kappa shape index (κ1) is 14.7. The molecule has 1 unspecified atom stereocenters. The van der Waals surface area contributed by atoms with Crippen LogP contribution >= 0.6 is 0 Å². The molecule has 0 aliphatic rings. The molecule has 1 N–H and O–H groups in total. The van der Waals surface area contributed by atoms with Crippen LogP contribution in [-0.4, -0.2) is 6.54 Å². The Balaban J connectivity index is 2.24. The third kappa shape index (κ3) is 3.91. The molecule has 1 atom stereocenters. The first-order chi connectivity index (χ1) is 9.70. The van der Waals surface area contributed by atoms with Crippen LogP contribution in [0.3, 0.4) is 0 Å². The van der Waals surface area contributed by atoms with Gasteiger partial charge in [0.2, 0.25) is 0 Å². The molecule has 0 heterocycles. The van der Waals surface area contributed by atoms with Gasteiger partial charge in [-0.1, -0.05) is 43.3 Å². The van der Waals surface area contributed by atoms with Gasteiger partial charge in [0.1, 0.15) is 5.82 Å². The van der Waals surface area contributed by atoms with Crippen molar-refractivity contribution in [3.05, 3.63) is 71.0 Å². The van der Waals surface area contributed by atoms with Gasteiger partial charge in [-0.05, 0) is 55.1 Å². The minimum Gasteiger partial charge on any atom is -0.310 e. The molecule has 106 valence electrons. The van der Waals surface area contributed by atoms with Gasteiger partial charge in [-0.2, -0.15) is 0 Å². The third-order valence-electron chi connectivity index (χ3n) is 3.54. The molecular formula is C18H22FN. The van der Waals surface area contributed by atoms with Gasteiger partial charge in [0, 0.05) is 6.04 Å². The van der Waals surface area contributed by atoms with Crippen molar-refractivity contribution in [1.29, 1.82) is 0 Å². The van der Waals surface area contributed by atoms with Crippen LogP contribution in [-0.2, 0) is 6.42 Å². The van der Waals surface area contributed by atoms with Gasteiger partial charge in [-0.15, -0.1) is 0 Å². The zero-order valence-electron chi connectivity index (χ0n) is 12.2. The van der Waals surface area contributed by atoms with Crippen molar-refractivity contribution < 1.29 is 4.39 Å². The monoisotopic (exact) mass is 271 g/mol. The standard InChI is InChI=1S/C18H22FN/c1-3-11-20-18(12-15-7-5-4-6-8-15)17-13-16(19)10-9-14(17)2/h4-10,13,18,20H,3,11-12H2,1-2H3. The van der Waals surface area contributed by atoms with Crippen LogP contribution in [0.15, 0.2) is 48.5 Å². The molecule has 0 saturated carbocycles. The van der Waals surface area contributed by atoms with Gasteiger partial charge in [-0.3, -0.25) is 0 Å². The minimum atomic E-state index is -0.165. The Labute approximate surface area is 120 Å². The maximum atomic E-state index is 13.5. The molecule has 0 aliphatic carbocycles. The van der Waals surface area contributed by atoms with Crippen LogP contribution in [0.25, 0.3) is 0 Å². The maximum absolute atomic E-state index is 13.5. The van der Waals surface area contributed by atoms with Crippen LogP contribution in [0, 0.1) is 12.7 Å². The predicted octanol–water partition coefficient (Wildman–Crippen LogP) is 4.42. The molecule has 0 radical (unpaired) electrons. The number of hydrogen-bond donors (Lipinski definition) is 1. The Morgan fingerprint density at radius 3 is 2.55 bits per heavy atom. The molecule has 2 rings (SSSR count). The molecule has 0 saturated heterocycles. The van der Waals surface area contributed by atoms with Gasteiger partial charge in [0.15, 0.2) is 0 Å². The molecule has 0 aromatic heterocycles. The molecular weight excluding hydrogens is 249 g/mol. The highest BCUT2D eigenvalue weighted by Crippen LogP contribution is 2.23. The summed E-state index contributed by atoms with van der Waals surface area (Å²) >= 11 is 0. The topological polar surface area (TPSA) is 12.0 Å². The molecule has 2 heteroatoms. The zero-order chi connectivity index (χ0) is 14.4. The Morgan fingerprint density at radius 1 is 1.10 bits per heavy atom. The van der Waals surface area contributed by atoms with Crippen molar-refractivity contribution >= 4 is 0 Å². The van der Waals surface area contributed by atoms with E-state index in [2.05, 4.69) is 24.4 Å². The molecule has 0 fully saturated rings. The molecule has 2 aromatic carbocycles. The van der Waals surface area contributed by atoms with E-state index in [9.17, 15) is 4.39 Å². The molecule has 0 spiro atoms. The lowest BCUT2D eigenvalue weighted by Gasteiger charge is -2.21. The lowest BCUT2D eigenvalue weighted by Crippen LogP contribution is -2.25. The number of aryl methyl sites for hydroxylation is 1. The van der Waals surface area contributed by atoms with Crippen molar-refractivity contribution in [2.24, 2.45) is 0 Å². The average molecular weight is 271 g/mol. The normalized spacial score (nSPS) is 12.3. The maximum Gasteiger partial charge on any atom is 0.123 e. The first-order valence-electron chi connectivity index (χ1n) is 7.24. The number of halogens is 1. The van der Waals surface area contributed by atoms with Crippen molar-refractivity contribution in [3.63, 3.8) is 0 Å². The summed E-state index contributed by atoms with van der Waals surface area (Å²) in [6.45, 7) is 5.12. The van der Waals surface area contributed by atoms with E-state index in [0.717, 1.165) is 30.5 Å². The van der Waals surface area contributed by atoms with E-state index >= 15 is 0 Å². The highest BCUT2D eigenvalue weighted by atomic mass is 19.1. The summed E-state index contributed by atoms with van der Waals surface area (Å²) < 4.78 is 13.5. The van der Waals surface area contributed by atoms with Gasteiger partial charge >= 0.3 is 0 Å². The summed E-state index contributed by atoms with van der Waals surface area (Å²) in [4.78, 5) is 0. The highest BCUT2D eigenvalue weighted by Gasteiger charge is 2.14. The van der Waals surface area contributed by atoms with Crippen molar-refractivity contribution in [3.8, 4) is 0 Å². The van der Waals surface area contributed by atoms with Gasteiger partial charge in [-0.25, -0.2) is 4.39 Å². The van der Waals surface area contributed by atoms with E-state index < -0.39 is 0 Å². The Bertz CT molecular complexity index is 536. The van der Waals surface area contributed by atoms with Crippen molar-refractivity contribution in [2.75, 3.05) is 6.54 Å². The molecule has 1 nitrogen and oxygen atoms in total. The molecule has 20 heavy (non-hydrogen) atoms. The van der Waals surface area contributed by atoms with Crippen LogP contribution in [0.4, 0.5) is 4.39 Å². The lowest BCUT2D eigenvalue weighted by molar-refractivity contribution is 0.522. The van der Waals surface area contributed by atoms with Crippen molar-refractivity contribution in [2.45, 2.75) is 32.7 Å². The summed E-state index contributed by atoms with van der Waals surface area (Å²) in [6.07, 6.45) is 1.95. The third-order valence-corrected chi connectivity index (χ3v) is 3.54. The number of hydrogen-bond acceptors (Lipinski definition) is 1. The predicted molar refractivity (Wildman–Crippen MR) is 82.3 cm³/mol. The molecule has 2 aromatic rings. The van der Waals surface area contributed by atoms with E-state index in [1.165, 1.54) is 11.6 Å². The first-order valence-corrected chi connectivity index (χ1v) is 7.24. The van der Waals surface area contributed by atoms with E-state index in [1.54, 1.807) is 6.07 Å². The van der Waals surface area contributed by atoms with E-state index in [4.69, 9.17) is 0 Å². The fourth-order valence-corrected chi connectivity index (χ4v) is 2.45.